The summed E-state index contributed by atoms with van der Waals surface area (Å²) in [6, 6.07) is 0.299. The molecule has 1 fully saturated rings. The molecule has 1 aliphatic heterocycles. The minimum Gasteiger partial charge on any atom is -0.353 e. The van der Waals surface area contributed by atoms with Crippen molar-refractivity contribution in [3.63, 3.8) is 0 Å². The first-order chi connectivity index (χ1) is 11.5. The highest BCUT2D eigenvalue weighted by atomic mass is 16.2. The van der Waals surface area contributed by atoms with Crippen LogP contribution in [0.5, 0.6) is 0 Å². The molecule has 0 unspecified atom stereocenters. The molecule has 2 heterocycles. The summed E-state index contributed by atoms with van der Waals surface area (Å²) in [4.78, 5) is 31.1. The molecule has 0 radical (unpaired) electrons. The Morgan fingerprint density at radius 3 is 2.67 bits per heavy atom. The van der Waals surface area contributed by atoms with E-state index in [1.54, 1.807) is 0 Å². The van der Waals surface area contributed by atoms with E-state index in [4.69, 9.17) is 0 Å². The number of fused-ring (bicyclic) bond motifs is 1. The molecule has 1 atom stereocenters. The van der Waals surface area contributed by atoms with Crippen molar-refractivity contribution in [2.24, 2.45) is 5.92 Å². The van der Waals surface area contributed by atoms with E-state index in [-0.39, 0.29) is 23.8 Å². The summed E-state index contributed by atoms with van der Waals surface area (Å²) < 4.78 is 2.09. The SMILES string of the molecule is CC(C)C(=O)N1CCn2cc(CC(=O)NC3CCCC3)nc2[C@H]1C. The molecule has 3 rings (SSSR count). The maximum absolute atomic E-state index is 12.3. The van der Waals surface area contributed by atoms with Crippen LogP contribution in [0.3, 0.4) is 0 Å². The van der Waals surface area contributed by atoms with Crippen molar-refractivity contribution in [2.45, 2.75) is 71.5 Å². The van der Waals surface area contributed by atoms with Gasteiger partial charge in [-0.05, 0) is 19.8 Å². The van der Waals surface area contributed by atoms with Gasteiger partial charge < -0.3 is 14.8 Å². The molecule has 1 saturated carbocycles. The first-order valence-corrected chi connectivity index (χ1v) is 9.11. The van der Waals surface area contributed by atoms with E-state index >= 15 is 0 Å². The first-order valence-electron chi connectivity index (χ1n) is 9.11. The van der Waals surface area contributed by atoms with Crippen molar-refractivity contribution in [1.29, 1.82) is 0 Å². The van der Waals surface area contributed by atoms with Crippen molar-refractivity contribution in [1.82, 2.24) is 19.8 Å². The van der Waals surface area contributed by atoms with Gasteiger partial charge in [-0.3, -0.25) is 9.59 Å². The van der Waals surface area contributed by atoms with Crippen LogP contribution in [0.15, 0.2) is 6.20 Å². The summed E-state index contributed by atoms with van der Waals surface area (Å²) in [5, 5.41) is 3.11. The second-order valence-electron chi connectivity index (χ2n) is 7.37. The van der Waals surface area contributed by atoms with Crippen LogP contribution >= 0.6 is 0 Å². The lowest BCUT2D eigenvalue weighted by atomic mass is 10.1. The zero-order chi connectivity index (χ0) is 17.3. The highest BCUT2D eigenvalue weighted by Crippen LogP contribution is 2.26. The third kappa shape index (κ3) is 3.47. The van der Waals surface area contributed by atoms with Gasteiger partial charge in [0.1, 0.15) is 5.82 Å². The molecule has 1 aliphatic carbocycles. The van der Waals surface area contributed by atoms with E-state index in [9.17, 15) is 9.59 Å². The monoisotopic (exact) mass is 332 g/mol. The quantitative estimate of drug-likeness (QED) is 0.917. The summed E-state index contributed by atoms with van der Waals surface area (Å²) in [5.74, 6) is 1.10. The van der Waals surface area contributed by atoms with Gasteiger partial charge >= 0.3 is 0 Å². The fourth-order valence-corrected chi connectivity index (χ4v) is 3.78. The van der Waals surface area contributed by atoms with Crippen LogP contribution < -0.4 is 5.32 Å². The Hall–Kier alpha value is -1.85. The Balaban J connectivity index is 1.65. The molecule has 0 aromatic carbocycles. The molecule has 1 N–H and O–H groups in total. The molecule has 1 aromatic rings. The van der Waals surface area contributed by atoms with Crippen LogP contribution in [0.2, 0.25) is 0 Å². The van der Waals surface area contributed by atoms with Crippen molar-refractivity contribution >= 4 is 11.8 Å². The van der Waals surface area contributed by atoms with E-state index in [0.717, 1.165) is 30.9 Å². The Morgan fingerprint density at radius 2 is 2.00 bits per heavy atom. The molecule has 132 valence electrons. The molecule has 2 amide bonds. The maximum Gasteiger partial charge on any atom is 0.226 e. The highest BCUT2D eigenvalue weighted by molar-refractivity contribution is 5.79. The van der Waals surface area contributed by atoms with Crippen LogP contribution in [0.25, 0.3) is 0 Å². The van der Waals surface area contributed by atoms with Gasteiger partial charge in [-0.15, -0.1) is 0 Å². The fraction of sp³-hybridized carbons (Fsp3) is 0.722. The first kappa shape index (κ1) is 17.0. The van der Waals surface area contributed by atoms with Gasteiger partial charge in [-0.2, -0.15) is 0 Å². The van der Waals surface area contributed by atoms with Crippen LogP contribution in [0.4, 0.5) is 0 Å². The van der Waals surface area contributed by atoms with Gasteiger partial charge in [0.15, 0.2) is 0 Å². The summed E-state index contributed by atoms with van der Waals surface area (Å²) in [5.41, 5.74) is 0.797. The maximum atomic E-state index is 12.3. The zero-order valence-corrected chi connectivity index (χ0v) is 14.9. The average Bonchev–Trinajstić information content (AvgIpc) is 3.16. The van der Waals surface area contributed by atoms with Crippen LogP contribution in [-0.4, -0.2) is 38.9 Å². The minimum absolute atomic E-state index is 0.00868. The lowest BCUT2D eigenvalue weighted by molar-refractivity contribution is -0.137. The summed E-state index contributed by atoms with van der Waals surface area (Å²) in [6.07, 6.45) is 6.89. The Bertz CT molecular complexity index is 617. The lowest BCUT2D eigenvalue weighted by Gasteiger charge is -2.34. The normalized spacial score (nSPS) is 21.2. The van der Waals surface area contributed by atoms with E-state index < -0.39 is 0 Å². The number of nitrogens with one attached hydrogen (secondary N) is 1. The number of carbonyl (C=O) groups is 2. The molecule has 0 saturated heterocycles. The molecule has 0 spiro atoms. The predicted octanol–water partition coefficient (Wildman–Crippen LogP) is 2.04. The average molecular weight is 332 g/mol. The number of rotatable bonds is 4. The van der Waals surface area contributed by atoms with Crippen molar-refractivity contribution in [3.05, 3.63) is 17.7 Å². The predicted molar refractivity (Wildman–Crippen MR) is 91.3 cm³/mol. The number of hydrogen-bond donors (Lipinski definition) is 1. The van der Waals surface area contributed by atoms with Crippen molar-refractivity contribution in [3.8, 4) is 0 Å². The van der Waals surface area contributed by atoms with E-state index in [1.807, 2.05) is 31.9 Å². The van der Waals surface area contributed by atoms with Crippen LogP contribution in [0, 0.1) is 5.92 Å². The zero-order valence-electron chi connectivity index (χ0n) is 14.9. The molecule has 2 aliphatic rings. The Morgan fingerprint density at radius 1 is 1.29 bits per heavy atom. The summed E-state index contributed by atoms with van der Waals surface area (Å²) in [6.45, 7) is 7.31. The van der Waals surface area contributed by atoms with Gasteiger partial charge in [0.2, 0.25) is 11.8 Å². The molecule has 6 heteroatoms. The number of hydrogen-bond acceptors (Lipinski definition) is 3. The van der Waals surface area contributed by atoms with Crippen molar-refractivity contribution < 1.29 is 9.59 Å². The summed E-state index contributed by atoms with van der Waals surface area (Å²) >= 11 is 0. The van der Waals surface area contributed by atoms with E-state index in [1.165, 1.54) is 12.8 Å². The van der Waals surface area contributed by atoms with Gasteiger partial charge in [-0.25, -0.2) is 4.98 Å². The number of amides is 2. The second-order valence-corrected chi connectivity index (χ2v) is 7.37. The number of aromatic nitrogens is 2. The largest absolute Gasteiger partial charge is 0.353 e. The smallest absolute Gasteiger partial charge is 0.226 e. The third-order valence-corrected chi connectivity index (χ3v) is 5.12. The third-order valence-electron chi connectivity index (χ3n) is 5.12. The number of nitrogens with zero attached hydrogens (tertiary/aromatic N) is 3. The Labute approximate surface area is 143 Å². The lowest BCUT2D eigenvalue weighted by Crippen LogP contribution is -2.42. The van der Waals surface area contributed by atoms with E-state index in [2.05, 4.69) is 14.9 Å². The molecule has 24 heavy (non-hydrogen) atoms. The van der Waals surface area contributed by atoms with Crippen LogP contribution in [-0.2, 0) is 22.6 Å². The molecular formula is C18H28N4O2. The fourth-order valence-electron chi connectivity index (χ4n) is 3.78. The van der Waals surface area contributed by atoms with E-state index in [0.29, 0.717) is 19.0 Å². The van der Waals surface area contributed by atoms with Gasteiger partial charge in [0, 0.05) is 31.2 Å². The number of carbonyl (C=O) groups excluding carboxylic acids is 2. The highest BCUT2D eigenvalue weighted by Gasteiger charge is 2.31. The minimum atomic E-state index is -0.0414. The van der Waals surface area contributed by atoms with Gasteiger partial charge in [0.05, 0.1) is 18.2 Å². The number of imidazole rings is 1. The standard InChI is InChI=1S/C18H28N4O2/c1-12(2)18(24)22-9-8-21-11-15(20-17(21)13(22)3)10-16(23)19-14-6-4-5-7-14/h11-14H,4-10H2,1-3H3,(H,19,23)/t13-/m1/s1. The molecular weight excluding hydrogens is 304 g/mol. The molecule has 0 bridgehead atoms. The topological polar surface area (TPSA) is 67.2 Å². The van der Waals surface area contributed by atoms with Gasteiger partial charge in [-0.1, -0.05) is 26.7 Å². The van der Waals surface area contributed by atoms with Gasteiger partial charge in [0.25, 0.3) is 0 Å². The molecule has 1 aromatic heterocycles. The molecule has 6 nitrogen and oxygen atoms in total. The van der Waals surface area contributed by atoms with Crippen LogP contribution in [0.1, 0.15) is 64.0 Å². The second kappa shape index (κ2) is 6.95. The van der Waals surface area contributed by atoms with Crippen molar-refractivity contribution in [2.75, 3.05) is 6.54 Å². The Kier molecular flexibility index (Phi) is 4.92. The summed E-state index contributed by atoms with van der Waals surface area (Å²) in [7, 11) is 0.